The van der Waals surface area contributed by atoms with Crippen LogP contribution in [0.1, 0.15) is 18.2 Å². The monoisotopic (exact) mass is 301 g/mol. The average molecular weight is 301 g/mol. The Morgan fingerprint density at radius 2 is 2.00 bits per heavy atom. The second-order valence-corrected chi connectivity index (χ2v) is 5.76. The highest BCUT2D eigenvalue weighted by Crippen LogP contribution is 2.24. The Morgan fingerprint density at radius 1 is 1.24 bits per heavy atom. The van der Waals surface area contributed by atoms with Crippen LogP contribution in [0.4, 0.5) is 5.69 Å². The summed E-state index contributed by atoms with van der Waals surface area (Å²) in [5, 5.41) is 2.99. The molecule has 0 saturated carbocycles. The molecule has 1 N–H and O–H groups in total. The highest BCUT2D eigenvalue weighted by atomic mass is 32.2. The summed E-state index contributed by atoms with van der Waals surface area (Å²) in [6.07, 6.45) is 5.03. The maximum absolute atomic E-state index is 12.3. The van der Waals surface area contributed by atoms with Gasteiger partial charge in [-0.05, 0) is 30.9 Å². The summed E-state index contributed by atoms with van der Waals surface area (Å²) >= 11 is 1.63. The lowest BCUT2D eigenvalue weighted by atomic mass is 10.2. The summed E-state index contributed by atoms with van der Waals surface area (Å²) in [4.78, 5) is 13.3. The molecule has 0 atom stereocenters. The topological polar surface area (TPSA) is 33.0 Å². The number of benzene rings is 1. The van der Waals surface area contributed by atoms with Crippen molar-refractivity contribution >= 4 is 23.4 Å². The zero-order chi connectivity index (χ0) is 15.2. The Labute approximate surface area is 130 Å². The van der Waals surface area contributed by atoms with Gasteiger partial charge >= 0.3 is 0 Å². The van der Waals surface area contributed by atoms with E-state index in [1.165, 1.54) is 5.56 Å². The predicted molar refractivity (Wildman–Crippen MR) is 87.6 cm³/mol. The molecule has 0 radical (unpaired) electrons. The lowest BCUT2D eigenvalue weighted by molar-refractivity contribution is -0.690. The normalized spacial score (nSPS) is 10.4. The number of anilines is 1. The van der Waals surface area contributed by atoms with Gasteiger partial charge in [-0.3, -0.25) is 4.79 Å². The van der Waals surface area contributed by atoms with Crippen molar-refractivity contribution in [2.24, 2.45) is 0 Å². The number of amides is 1. The maximum Gasteiger partial charge on any atom is 0.290 e. The molecule has 3 nitrogen and oxygen atoms in total. The summed E-state index contributed by atoms with van der Waals surface area (Å²) in [6.45, 7) is 4.47. The molecule has 110 valence electrons. The molecule has 21 heavy (non-hydrogen) atoms. The van der Waals surface area contributed by atoms with Gasteiger partial charge < -0.3 is 5.32 Å². The van der Waals surface area contributed by atoms with Gasteiger partial charge in [-0.1, -0.05) is 19.1 Å². The van der Waals surface area contributed by atoms with E-state index < -0.39 is 0 Å². The standard InChI is InChI=1S/C17H20N2OS/c1-4-14-10-9-13(2)19(11-14)12-17(20)18-15-7-5-6-8-16(15)21-3/h5-11H,4,12H2,1-3H3/p+1. The third-order valence-corrected chi connectivity index (χ3v) is 4.21. The van der Waals surface area contributed by atoms with Gasteiger partial charge in [-0.15, -0.1) is 11.8 Å². The molecule has 1 heterocycles. The molecular weight excluding hydrogens is 280 g/mol. The van der Waals surface area contributed by atoms with Gasteiger partial charge in [0.05, 0.1) is 5.69 Å². The number of para-hydroxylation sites is 1. The molecule has 4 heteroatoms. The van der Waals surface area contributed by atoms with Gasteiger partial charge in [-0.25, -0.2) is 0 Å². The number of nitrogens with zero attached hydrogens (tertiary/aromatic N) is 1. The van der Waals surface area contributed by atoms with E-state index in [1.54, 1.807) is 11.8 Å². The maximum atomic E-state index is 12.3. The molecule has 1 aromatic heterocycles. The third kappa shape index (κ3) is 4.08. The van der Waals surface area contributed by atoms with E-state index >= 15 is 0 Å². The lowest BCUT2D eigenvalue weighted by Gasteiger charge is -2.08. The van der Waals surface area contributed by atoms with E-state index in [2.05, 4.69) is 30.6 Å². The number of hydrogen-bond donors (Lipinski definition) is 1. The molecule has 0 aliphatic heterocycles. The Balaban J connectivity index is 2.11. The van der Waals surface area contributed by atoms with E-state index in [0.29, 0.717) is 6.54 Å². The van der Waals surface area contributed by atoms with Crippen molar-refractivity contribution in [3.63, 3.8) is 0 Å². The third-order valence-electron chi connectivity index (χ3n) is 3.42. The molecule has 0 aliphatic carbocycles. The van der Waals surface area contributed by atoms with Crippen LogP contribution in [0.15, 0.2) is 47.5 Å². The minimum atomic E-state index is -0.00199. The number of thioether (sulfide) groups is 1. The molecule has 1 amide bonds. The van der Waals surface area contributed by atoms with Gasteiger partial charge in [0.25, 0.3) is 5.91 Å². The number of aromatic nitrogens is 1. The molecule has 0 spiro atoms. The van der Waals surface area contributed by atoms with E-state index in [-0.39, 0.29) is 5.91 Å². The fraction of sp³-hybridized carbons (Fsp3) is 0.294. The molecule has 0 bridgehead atoms. The minimum Gasteiger partial charge on any atom is -0.320 e. The van der Waals surface area contributed by atoms with Crippen molar-refractivity contribution in [1.29, 1.82) is 0 Å². The fourth-order valence-corrected chi connectivity index (χ4v) is 2.69. The molecule has 1 aromatic carbocycles. The van der Waals surface area contributed by atoms with Gasteiger partial charge in [0.2, 0.25) is 6.54 Å². The number of aryl methyl sites for hydroxylation is 2. The Morgan fingerprint density at radius 3 is 2.71 bits per heavy atom. The number of rotatable bonds is 5. The van der Waals surface area contributed by atoms with Crippen molar-refractivity contribution in [2.45, 2.75) is 31.7 Å². The first-order chi connectivity index (χ1) is 10.1. The van der Waals surface area contributed by atoms with Gasteiger partial charge in [0, 0.05) is 23.4 Å². The van der Waals surface area contributed by atoms with Crippen molar-refractivity contribution < 1.29 is 9.36 Å². The number of nitrogens with one attached hydrogen (secondary N) is 1. The number of hydrogen-bond acceptors (Lipinski definition) is 2. The largest absolute Gasteiger partial charge is 0.320 e. The van der Waals surface area contributed by atoms with E-state index in [4.69, 9.17) is 0 Å². The Bertz CT molecular complexity index is 640. The molecule has 0 aliphatic rings. The minimum absolute atomic E-state index is 0.00199. The highest BCUT2D eigenvalue weighted by Gasteiger charge is 2.14. The molecular formula is C17H21N2OS+. The molecule has 0 saturated heterocycles. The van der Waals surface area contributed by atoms with Crippen molar-refractivity contribution in [3.05, 3.63) is 53.9 Å². The van der Waals surface area contributed by atoms with Crippen LogP contribution in [-0.4, -0.2) is 12.2 Å². The summed E-state index contributed by atoms with van der Waals surface area (Å²) in [5.74, 6) is -0.00199. The van der Waals surface area contributed by atoms with E-state index in [0.717, 1.165) is 22.7 Å². The summed E-state index contributed by atoms with van der Waals surface area (Å²) in [7, 11) is 0. The average Bonchev–Trinajstić information content (AvgIpc) is 2.50. The first kappa shape index (κ1) is 15.6. The first-order valence-corrected chi connectivity index (χ1v) is 8.28. The van der Waals surface area contributed by atoms with E-state index in [1.807, 2.05) is 42.0 Å². The molecule has 2 aromatic rings. The van der Waals surface area contributed by atoms with Crippen LogP contribution in [0.5, 0.6) is 0 Å². The summed E-state index contributed by atoms with van der Waals surface area (Å²) in [5.41, 5.74) is 3.19. The highest BCUT2D eigenvalue weighted by molar-refractivity contribution is 7.98. The van der Waals surface area contributed by atoms with Crippen LogP contribution in [-0.2, 0) is 17.8 Å². The zero-order valence-electron chi connectivity index (χ0n) is 12.7. The van der Waals surface area contributed by atoms with Crippen molar-refractivity contribution in [3.8, 4) is 0 Å². The Hall–Kier alpha value is -1.81. The summed E-state index contributed by atoms with van der Waals surface area (Å²) < 4.78 is 2.00. The summed E-state index contributed by atoms with van der Waals surface area (Å²) in [6, 6.07) is 12.0. The quantitative estimate of drug-likeness (QED) is 0.679. The van der Waals surface area contributed by atoms with Crippen LogP contribution >= 0.6 is 11.8 Å². The van der Waals surface area contributed by atoms with Crippen molar-refractivity contribution in [2.75, 3.05) is 11.6 Å². The smallest absolute Gasteiger partial charge is 0.290 e. The lowest BCUT2D eigenvalue weighted by Crippen LogP contribution is -2.43. The van der Waals surface area contributed by atoms with Gasteiger partial charge in [0.1, 0.15) is 0 Å². The number of pyridine rings is 1. The Kier molecular flexibility index (Phi) is 5.39. The van der Waals surface area contributed by atoms with Crippen molar-refractivity contribution in [1.82, 2.24) is 0 Å². The molecule has 0 unspecified atom stereocenters. The fourth-order valence-electron chi connectivity index (χ4n) is 2.14. The van der Waals surface area contributed by atoms with Gasteiger partial charge in [-0.2, -0.15) is 4.57 Å². The SMILES string of the molecule is CCc1ccc(C)[n+](CC(=O)Nc2ccccc2SC)c1. The predicted octanol–water partition coefficient (Wildman–Crippen LogP) is 3.21. The van der Waals surface area contributed by atoms with Crippen LogP contribution in [0, 0.1) is 6.92 Å². The van der Waals surface area contributed by atoms with Gasteiger partial charge in [0.15, 0.2) is 11.9 Å². The van der Waals surface area contributed by atoms with Crippen LogP contribution < -0.4 is 9.88 Å². The number of carbonyl (C=O) groups is 1. The van der Waals surface area contributed by atoms with E-state index in [9.17, 15) is 4.79 Å². The second-order valence-electron chi connectivity index (χ2n) is 4.91. The second kappa shape index (κ2) is 7.27. The first-order valence-electron chi connectivity index (χ1n) is 7.06. The number of carbonyl (C=O) groups excluding carboxylic acids is 1. The van der Waals surface area contributed by atoms with Crippen LogP contribution in [0.25, 0.3) is 0 Å². The zero-order valence-corrected chi connectivity index (χ0v) is 13.5. The molecule has 0 fully saturated rings. The molecule has 2 rings (SSSR count). The van der Waals surface area contributed by atoms with Crippen LogP contribution in [0.2, 0.25) is 0 Å². The van der Waals surface area contributed by atoms with Crippen LogP contribution in [0.3, 0.4) is 0 Å².